The number of aromatic nitrogens is 1. The van der Waals surface area contributed by atoms with Crippen molar-refractivity contribution in [3.8, 4) is 0 Å². The molecule has 4 heteroatoms. The molecule has 0 aliphatic heterocycles. The fourth-order valence-electron chi connectivity index (χ4n) is 0.153. The second kappa shape index (κ2) is 1.22. The largest absolute Gasteiger partial charge is 0.363 e. The van der Waals surface area contributed by atoms with Gasteiger partial charge in [-0.15, -0.1) is 0 Å². The maximum Gasteiger partial charge on any atom is 0.248 e. The van der Waals surface area contributed by atoms with Crippen molar-refractivity contribution >= 4 is 11.8 Å². The molecule has 0 aromatic carbocycles. The third-order valence-electron chi connectivity index (χ3n) is 0.340. The van der Waals surface area contributed by atoms with E-state index in [0.717, 1.165) is 11.8 Å². The molecule has 1 aromatic rings. The highest BCUT2D eigenvalue weighted by Crippen LogP contribution is 1.75. The van der Waals surface area contributed by atoms with E-state index in [1.54, 1.807) is 0 Å². The summed E-state index contributed by atoms with van der Waals surface area (Å²) in [7, 11) is 0. The molecular weight excluding hydrogens is 100 g/mol. The number of hydrogen-bond donors (Lipinski definition) is 1. The fourth-order valence-corrected chi connectivity index (χ4v) is 0.458. The Morgan fingerprint density at radius 2 is 2.83 bits per heavy atom. The van der Waals surface area contributed by atoms with E-state index in [-0.39, 0.29) is 5.55 Å². The molecule has 32 valence electrons. The molecule has 0 unspecified atom stereocenters. The number of nitrogens with one attached hydrogen (secondary N) is 1. The topological polar surface area (TPSA) is 49.9 Å². The molecule has 0 aliphatic rings. The normalized spacial score (nSPS) is 8.67. The van der Waals surface area contributed by atoms with E-state index < -0.39 is 0 Å². The van der Waals surface area contributed by atoms with Crippen molar-refractivity contribution in [3.63, 3.8) is 0 Å². The maximum absolute atomic E-state index is 6.66. The quantitative estimate of drug-likeness (QED) is 0.509. The zero-order valence-electron chi connectivity index (χ0n) is 2.84. The van der Waals surface area contributed by atoms with Gasteiger partial charge in [-0.05, 0) is 0 Å². The summed E-state index contributed by atoms with van der Waals surface area (Å²) in [4.78, 5) is 0. The van der Waals surface area contributed by atoms with Crippen LogP contribution in [-0.4, -0.2) is 4.37 Å². The van der Waals surface area contributed by atoms with E-state index in [1.807, 2.05) is 0 Å². The molecule has 0 spiro atoms. The monoisotopic (exact) mass is 102 g/mol. The molecule has 1 aromatic heterocycles. The Bertz CT molecular complexity index is 149. The minimum absolute atomic E-state index is 0.125. The molecule has 0 radical (unpaired) electrons. The predicted molar refractivity (Wildman–Crippen MR) is 20.2 cm³/mol. The van der Waals surface area contributed by atoms with Gasteiger partial charge in [-0.1, -0.05) is 0 Å². The van der Waals surface area contributed by atoms with Gasteiger partial charge in [0, 0.05) is 0 Å². The van der Waals surface area contributed by atoms with Crippen molar-refractivity contribution in [2.75, 3.05) is 0 Å². The molecule has 1 N–H and O–H groups in total. The van der Waals surface area contributed by atoms with Gasteiger partial charge in [-0.2, -0.15) is 4.37 Å². The van der Waals surface area contributed by atoms with Crippen molar-refractivity contribution in [2.24, 2.45) is 0 Å². The van der Waals surface area contributed by atoms with Gasteiger partial charge >= 0.3 is 0 Å². The SMILES string of the molecule is N=c1cnso1. The molecule has 0 atom stereocenters. The first-order valence-corrected chi connectivity index (χ1v) is 2.05. The Morgan fingerprint density at radius 3 is 3.00 bits per heavy atom. The summed E-state index contributed by atoms with van der Waals surface area (Å²) in [5.74, 6) is 0. The standard InChI is InChI=1S/C2H2N2OS/c3-2-1-4-6-5-2/h1,3H. The number of rotatable bonds is 0. The third-order valence-corrected chi connectivity index (χ3v) is 0.786. The summed E-state index contributed by atoms with van der Waals surface area (Å²) in [6, 6.07) is 0. The Labute approximate surface area is 38.1 Å². The van der Waals surface area contributed by atoms with Crippen LogP contribution < -0.4 is 5.55 Å². The Kier molecular flexibility index (Phi) is 0.719. The smallest absolute Gasteiger partial charge is 0.248 e. The van der Waals surface area contributed by atoms with Crippen LogP contribution in [0.4, 0.5) is 0 Å². The van der Waals surface area contributed by atoms with Crippen molar-refractivity contribution in [3.05, 3.63) is 11.8 Å². The lowest BCUT2D eigenvalue weighted by atomic mass is 10.9. The zero-order chi connectivity index (χ0) is 4.41. The summed E-state index contributed by atoms with van der Waals surface area (Å²) in [5, 5.41) is 6.66. The summed E-state index contributed by atoms with van der Waals surface area (Å²) in [5.41, 5.74) is 0.125. The van der Waals surface area contributed by atoms with Crippen molar-refractivity contribution < 1.29 is 3.85 Å². The maximum atomic E-state index is 6.66. The van der Waals surface area contributed by atoms with Gasteiger partial charge in [0.05, 0.1) is 0 Å². The van der Waals surface area contributed by atoms with Crippen LogP contribution in [0.25, 0.3) is 0 Å². The zero-order valence-corrected chi connectivity index (χ0v) is 3.66. The average molecular weight is 102 g/mol. The van der Waals surface area contributed by atoms with Crippen LogP contribution in [0.3, 0.4) is 0 Å². The van der Waals surface area contributed by atoms with Gasteiger partial charge in [0.2, 0.25) is 5.55 Å². The second-order valence-corrected chi connectivity index (χ2v) is 1.28. The van der Waals surface area contributed by atoms with Crippen molar-refractivity contribution in [1.29, 1.82) is 5.41 Å². The highest BCUT2D eigenvalue weighted by atomic mass is 32.1. The first-order valence-electron chi connectivity index (χ1n) is 1.35. The molecule has 3 nitrogen and oxygen atoms in total. The summed E-state index contributed by atoms with van der Waals surface area (Å²) in [6.07, 6.45) is 1.35. The Hall–Kier alpha value is -0.640. The van der Waals surface area contributed by atoms with E-state index in [1.165, 1.54) is 6.20 Å². The molecule has 0 amide bonds. The van der Waals surface area contributed by atoms with Crippen LogP contribution >= 0.6 is 11.8 Å². The van der Waals surface area contributed by atoms with Gasteiger partial charge < -0.3 is 3.85 Å². The number of nitrogens with zero attached hydrogens (tertiary/aromatic N) is 1. The lowest BCUT2D eigenvalue weighted by molar-refractivity contribution is 0.610. The lowest BCUT2D eigenvalue weighted by Gasteiger charge is -1.49. The van der Waals surface area contributed by atoms with Crippen molar-refractivity contribution in [1.82, 2.24) is 4.37 Å². The van der Waals surface area contributed by atoms with E-state index in [4.69, 9.17) is 5.41 Å². The summed E-state index contributed by atoms with van der Waals surface area (Å²) >= 11 is 0.927. The fraction of sp³-hybridized carbons (Fsp3) is 0. The molecule has 1 heterocycles. The van der Waals surface area contributed by atoms with Gasteiger partial charge in [0.25, 0.3) is 0 Å². The summed E-state index contributed by atoms with van der Waals surface area (Å²) in [6.45, 7) is 0. The molecular formula is C2H2N2OS. The molecule has 0 saturated carbocycles. The van der Waals surface area contributed by atoms with Crippen LogP contribution in [0.5, 0.6) is 0 Å². The average Bonchev–Trinajstić information content (AvgIpc) is 1.86. The van der Waals surface area contributed by atoms with Crippen LogP contribution in [0, 0.1) is 5.41 Å². The van der Waals surface area contributed by atoms with Gasteiger partial charge in [-0.25, -0.2) is 0 Å². The molecule has 0 bridgehead atoms. The molecule has 6 heavy (non-hydrogen) atoms. The van der Waals surface area contributed by atoms with E-state index in [0.29, 0.717) is 0 Å². The summed E-state index contributed by atoms with van der Waals surface area (Å²) < 4.78 is 7.94. The number of hydrogen-bond acceptors (Lipinski definition) is 4. The first kappa shape index (κ1) is 3.55. The van der Waals surface area contributed by atoms with Crippen LogP contribution in [0.2, 0.25) is 0 Å². The Morgan fingerprint density at radius 1 is 2.00 bits per heavy atom. The van der Waals surface area contributed by atoms with Crippen LogP contribution in [0.1, 0.15) is 0 Å². The minimum atomic E-state index is 0.125. The van der Waals surface area contributed by atoms with Crippen molar-refractivity contribution in [2.45, 2.75) is 0 Å². The highest BCUT2D eigenvalue weighted by Gasteiger charge is 1.73. The lowest BCUT2D eigenvalue weighted by Crippen LogP contribution is -1.84. The van der Waals surface area contributed by atoms with Gasteiger partial charge in [-0.3, -0.25) is 5.41 Å². The van der Waals surface area contributed by atoms with E-state index in [2.05, 4.69) is 8.22 Å². The molecule has 0 saturated heterocycles. The second-order valence-electron chi connectivity index (χ2n) is 0.757. The predicted octanol–water partition coefficient (Wildman–Crippen LogP) is 0.216. The van der Waals surface area contributed by atoms with E-state index in [9.17, 15) is 0 Å². The van der Waals surface area contributed by atoms with Gasteiger partial charge in [0.15, 0.2) is 11.8 Å². The third kappa shape index (κ3) is 0.463. The van der Waals surface area contributed by atoms with Crippen LogP contribution in [-0.2, 0) is 0 Å². The molecule has 1 rings (SSSR count). The highest BCUT2D eigenvalue weighted by molar-refractivity contribution is 6.96. The molecule has 0 aliphatic carbocycles. The van der Waals surface area contributed by atoms with E-state index >= 15 is 0 Å². The van der Waals surface area contributed by atoms with Gasteiger partial charge in [0.1, 0.15) is 6.20 Å². The Balaban J connectivity index is 3.41. The molecule has 0 fully saturated rings. The van der Waals surface area contributed by atoms with Crippen LogP contribution in [0.15, 0.2) is 10.0 Å². The minimum Gasteiger partial charge on any atom is -0.363 e. The first-order chi connectivity index (χ1) is 2.89.